The van der Waals surface area contributed by atoms with Crippen molar-refractivity contribution in [1.82, 2.24) is 19.5 Å². The molecule has 0 saturated heterocycles. The van der Waals surface area contributed by atoms with Crippen LogP contribution < -0.4 is 0 Å². The molecule has 10 rings (SSSR count). The van der Waals surface area contributed by atoms with Crippen LogP contribution in [0.25, 0.3) is 56.1 Å². The summed E-state index contributed by atoms with van der Waals surface area (Å²) >= 11 is 1.84. The van der Waals surface area contributed by atoms with Crippen LogP contribution in [0.4, 0.5) is 0 Å². The Hall–Kier alpha value is -5.59. The predicted octanol–water partition coefficient (Wildman–Crippen LogP) is 10.2. The van der Waals surface area contributed by atoms with Crippen molar-refractivity contribution >= 4 is 44.2 Å². The van der Waals surface area contributed by atoms with Gasteiger partial charge in [-0.25, -0.2) is 4.98 Å². The SMILES string of the molecule is CC1(C)C2=CCC3N=C(c4ccccc4)SC3=C2c2ccc(-c3nc(-c4ccccc4)nc(-n4c5ccccc5c5ccccc54)n3)cc21. The van der Waals surface area contributed by atoms with Crippen LogP contribution in [0.5, 0.6) is 0 Å². The van der Waals surface area contributed by atoms with Gasteiger partial charge >= 0.3 is 0 Å². The Morgan fingerprint density at radius 3 is 1.96 bits per heavy atom. The van der Waals surface area contributed by atoms with Gasteiger partial charge in [-0.05, 0) is 46.9 Å². The van der Waals surface area contributed by atoms with Crippen molar-refractivity contribution in [3.63, 3.8) is 0 Å². The second kappa shape index (κ2) is 10.7. The quantitative estimate of drug-likeness (QED) is 0.190. The number of hydrogen-bond acceptors (Lipinski definition) is 5. The van der Waals surface area contributed by atoms with Crippen molar-refractivity contribution in [2.24, 2.45) is 4.99 Å². The van der Waals surface area contributed by atoms with Gasteiger partial charge < -0.3 is 0 Å². The minimum Gasteiger partial charge on any atom is -0.278 e. The highest BCUT2D eigenvalue weighted by Gasteiger charge is 2.44. The zero-order valence-corrected chi connectivity index (χ0v) is 27.9. The Bertz CT molecular complexity index is 2520. The van der Waals surface area contributed by atoms with Gasteiger partial charge in [0.15, 0.2) is 11.6 Å². The number of benzene rings is 5. The standard InChI is InChI=1S/C43H31N5S/c1-43(2)32-23-24-34-38(49-41(44-34)27-15-7-4-8-16-27)37(32)31-22-21-28(25-33(31)43)40-45-39(26-13-5-3-6-14-26)46-42(47-40)48-35-19-11-9-17-29(35)30-18-10-12-20-36(30)48/h3-23,25,34H,24H2,1-2H3. The molecule has 3 aliphatic rings. The molecule has 0 fully saturated rings. The molecule has 3 heterocycles. The van der Waals surface area contributed by atoms with Gasteiger partial charge in [0.1, 0.15) is 5.04 Å². The molecular formula is C43H31N5S. The Morgan fingerprint density at radius 1 is 0.653 bits per heavy atom. The van der Waals surface area contributed by atoms with E-state index in [4.69, 9.17) is 19.9 Å². The Balaban J connectivity index is 1.15. The first-order valence-corrected chi connectivity index (χ1v) is 17.6. The average Bonchev–Trinajstić information content (AvgIpc) is 3.81. The third kappa shape index (κ3) is 4.33. The Labute approximate surface area is 288 Å². The van der Waals surface area contributed by atoms with Gasteiger partial charge in [-0.15, -0.1) is 0 Å². The summed E-state index contributed by atoms with van der Waals surface area (Å²) in [6.45, 7) is 4.69. The van der Waals surface area contributed by atoms with Crippen molar-refractivity contribution in [2.45, 2.75) is 31.7 Å². The first kappa shape index (κ1) is 28.4. The normalized spacial score (nSPS) is 17.6. The molecule has 0 spiro atoms. The van der Waals surface area contributed by atoms with Crippen molar-refractivity contribution < 1.29 is 0 Å². The molecule has 49 heavy (non-hydrogen) atoms. The molecular weight excluding hydrogens is 619 g/mol. The molecule has 7 aromatic rings. The number of rotatable bonds is 4. The molecule has 5 aromatic carbocycles. The molecule has 0 amide bonds. The maximum absolute atomic E-state index is 5.22. The van der Waals surface area contributed by atoms with Gasteiger partial charge in [0.2, 0.25) is 5.95 Å². The van der Waals surface area contributed by atoms with E-state index >= 15 is 0 Å². The minimum absolute atomic E-state index is 0.167. The van der Waals surface area contributed by atoms with Gasteiger partial charge in [0.05, 0.1) is 17.1 Å². The fourth-order valence-electron chi connectivity index (χ4n) is 7.81. The van der Waals surface area contributed by atoms with Crippen LogP contribution in [-0.4, -0.2) is 30.6 Å². The fourth-order valence-corrected chi connectivity index (χ4v) is 9.06. The van der Waals surface area contributed by atoms with E-state index in [2.05, 4.69) is 134 Å². The molecule has 1 unspecified atom stereocenters. The van der Waals surface area contributed by atoms with E-state index in [-0.39, 0.29) is 11.5 Å². The molecule has 5 nitrogen and oxygen atoms in total. The number of thioether (sulfide) groups is 1. The zero-order valence-electron chi connectivity index (χ0n) is 27.1. The molecule has 0 bridgehead atoms. The van der Waals surface area contributed by atoms with Crippen LogP contribution in [0.1, 0.15) is 37.0 Å². The highest BCUT2D eigenvalue weighted by Crippen LogP contribution is 2.57. The molecule has 0 N–H and O–H groups in total. The molecule has 0 saturated carbocycles. The summed E-state index contributed by atoms with van der Waals surface area (Å²) < 4.78 is 2.17. The van der Waals surface area contributed by atoms with Gasteiger partial charge in [-0.1, -0.05) is 141 Å². The topological polar surface area (TPSA) is 56.0 Å². The molecule has 0 radical (unpaired) electrons. The van der Waals surface area contributed by atoms with Gasteiger partial charge in [-0.3, -0.25) is 9.56 Å². The van der Waals surface area contributed by atoms with E-state index in [9.17, 15) is 0 Å². The molecule has 1 atom stereocenters. The lowest BCUT2D eigenvalue weighted by atomic mass is 9.79. The number of fused-ring (bicyclic) bond motifs is 7. The number of aliphatic imine (C=N–C) groups is 1. The van der Waals surface area contributed by atoms with E-state index in [1.54, 1.807) is 0 Å². The smallest absolute Gasteiger partial charge is 0.238 e. The Morgan fingerprint density at radius 2 is 1.27 bits per heavy atom. The molecule has 6 heteroatoms. The summed E-state index contributed by atoms with van der Waals surface area (Å²) in [5.74, 6) is 1.92. The maximum Gasteiger partial charge on any atom is 0.238 e. The number of aromatic nitrogens is 4. The van der Waals surface area contributed by atoms with Crippen molar-refractivity contribution in [1.29, 1.82) is 0 Å². The summed E-state index contributed by atoms with van der Waals surface area (Å²) in [4.78, 5) is 22.0. The van der Waals surface area contributed by atoms with E-state index in [1.165, 1.54) is 43.5 Å². The van der Waals surface area contributed by atoms with Crippen LogP contribution in [-0.2, 0) is 5.41 Å². The van der Waals surface area contributed by atoms with E-state index in [0.29, 0.717) is 17.6 Å². The van der Waals surface area contributed by atoms with Crippen LogP contribution in [0.3, 0.4) is 0 Å². The number of para-hydroxylation sites is 2. The highest BCUT2D eigenvalue weighted by atomic mass is 32.2. The maximum atomic E-state index is 5.22. The molecule has 1 aliphatic heterocycles. The van der Waals surface area contributed by atoms with Crippen LogP contribution >= 0.6 is 11.8 Å². The van der Waals surface area contributed by atoms with E-state index < -0.39 is 0 Å². The lowest BCUT2D eigenvalue weighted by molar-refractivity contribution is 0.650. The summed E-state index contributed by atoms with van der Waals surface area (Å²) in [7, 11) is 0. The summed E-state index contributed by atoms with van der Waals surface area (Å²) in [5.41, 5.74) is 10.4. The number of allylic oxidation sites excluding steroid dienone is 2. The summed E-state index contributed by atoms with van der Waals surface area (Å²) in [6.07, 6.45) is 3.36. The monoisotopic (exact) mass is 649 g/mol. The highest BCUT2D eigenvalue weighted by molar-refractivity contribution is 8.18. The van der Waals surface area contributed by atoms with Crippen molar-refractivity contribution in [2.75, 3.05) is 0 Å². The van der Waals surface area contributed by atoms with Gasteiger partial charge in [0.25, 0.3) is 0 Å². The number of hydrogen-bond donors (Lipinski definition) is 0. The largest absolute Gasteiger partial charge is 0.278 e. The zero-order chi connectivity index (χ0) is 32.7. The van der Waals surface area contributed by atoms with Crippen LogP contribution in [0, 0.1) is 0 Å². The summed E-state index contributed by atoms with van der Waals surface area (Å²) in [6, 6.07) is 44.7. The average molecular weight is 650 g/mol. The fraction of sp³-hybridized carbons (Fsp3) is 0.116. The Kier molecular flexibility index (Phi) is 6.21. The third-order valence-electron chi connectivity index (χ3n) is 10.2. The van der Waals surface area contributed by atoms with E-state index in [0.717, 1.165) is 33.6 Å². The van der Waals surface area contributed by atoms with Gasteiger partial charge in [0, 0.05) is 37.8 Å². The first-order valence-electron chi connectivity index (χ1n) is 16.8. The first-order chi connectivity index (χ1) is 24.0. The minimum atomic E-state index is -0.167. The van der Waals surface area contributed by atoms with Crippen molar-refractivity contribution in [3.05, 3.63) is 161 Å². The van der Waals surface area contributed by atoms with Gasteiger partial charge in [-0.2, -0.15) is 9.97 Å². The molecule has 234 valence electrons. The molecule has 2 aliphatic carbocycles. The van der Waals surface area contributed by atoms with Crippen LogP contribution in [0.2, 0.25) is 0 Å². The predicted molar refractivity (Wildman–Crippen MR) is 202 cm³/mol. The number of nitrogens with zero attached hydrogens (tertiary/aromatic N) is 5. The second-order valence-corrected chi connectivity index (χ2v) is 14.4. The van der Waals surface area contributed by atoms with Crippen molar-refractivity contribution in [3.8, 4) is 28.7 Å². The van der Waals surface area contributed by atoms with E-state index in [1.807, 2.05) is 30.0 Å². The van der Waals surface area contributed by atoms with Crippen LogP contribution in [0.15, 0.2) is 149 Å². The third-order valence-corrected chi connectivity index (χ3v) is 11.4. The molecule has 2 aromatic heterocycles. The summed E-state index contributed by atoms with van der Waals surface area (Å²) in [5, 5.41) is 3.46. The second-order valence-electron chi connectivity index (χ2n) is 13.4. The lowest BCUT2D eigenvalue weighted by Gasteiger charge is -2.26. The lowest BCUT2D eigenvalue weighted by Crippen LogP contribution is -2.18.